The van der Waals surface area contributed by atoms with Crippen LogP contribution in [0.5, 0.6) is 5.75 Å². The molecule has 8 amide bonds. The molecule has 442 valence electrons. The number of hydrogen-bond donors (Lipinski definition) is 3. The van der Waals surface area contributed by atoms with E-state index in [4.69, 9.17) is 4.42 Å². The molecular weight excluding hydrogens is 1080 g/mol. The van der Waals surface area contributed by atoms with Gasteiger partial charge in [-0.15, -0.1) is 0 Å². The number of aromatic carboxylic acids is 1. The Balaban J connectivity index is 0.728. The molecule has 0 unspecified atom stereocenters. The molecule has 2 aromatic rings. The van der Waals surface area contributed by atoms with Crippen LogP contribution in [0.1, 0.15) is 123 Å². The summed E-state index contributed by atoms with van der Waals surface area (Å²) in [5.74, 6) is -5.80. The summed E-state index contributed by atoms with van der Waals surface area (Å²) in [6, 6.07) is 5.37. The van der Waals surface area contributed by atoms with Gasteiger partial charge in [-0.3, -0.25) is 43.2 Å². The molecule has 2 aromatic carbocycles. The van der Waals surface area contributed by atoms with Gasteiger partial charge < -0.3 is 58.9 Å². The Morgan fingerprint density at radius 3 is 1.15 bits per heavy atom. The molecule has 0 aromatic heterocycles. The van der Waals surface area contributed by atoms with Crippen LogP contribution in [0.25, 0.3) is 33.4 Å². The van der Waals surface area contributed by atoms with Gasteiger partial charge in [-0.05, 0) is 139 Å². The molecule has 0 spiro atoms. The second kappa shape index (κ2) is 22.7. The molecule has 23 nitrogen and oxygen atoms in total. The third kappa shape index (κ3) is 9.75. The van der Waals surface area contributed by atoms with Crippen LogP contribution >= 0.6 is 0 Å². The molecule has 1 aliphatic carbocycles. The highest BCUT2D eigenvalue weighted by Crippen LogP contribution is 2.45. The largest absolute Gasteiger partial charge is 0.508 e. The maximum Gasteiger partial charge on any atom is 0.336 e. The van der Waals surface area contributed by atoms with E-state index in [9.17, 15) is 63.3 Å². The number of carboxylic acids is 2. The fraction of sp³-hybridized carbons (Fsp3) is 0.525. The first-order valence-electron chi connectivity index (χ1n) is 29.8. The molecule has 9 aliphatic heterocycles. The van der Waals surface area contributed by atoms with Gasteiger partial charge in [-0.2, -0.15) is 0 Å². The lowest BCUT2D eigenvalue weighted by atomic mass is 9.87. The standard InChI is InChI=1S/C61H68N8O15/c70-34-20-22-36-48(32-34)84-49-33-35(71)21-23-37(49)50(36)51-38(10-1-11-39(51)60(80)81)52(72)62-24-2-12-40(62)53(73)63-25-3-13-41(63)54(74)64-26-4-14-42(64)55(75)65-27-5-15-43(65)56(76)66-28-6-16-44(66)57(77)67-29-7-17-45(67)58(78)68-30-8-18-46(68)59(79)69-31-9-19-47(69)61(82)83/h1,10-11,20-23,32-33,40-47,70H,2-9,12-19,24-31H2,(H,80,81)(H,82,83)/t40-,41-,42-,43-,44-,45-,46-,47-/m0/s1. The summed E-state index contributed by atoms with van der Waals surface area (Å²) in [5, 5.41) is 31.2. The van der Waals surface area contributed by atoms with E-state index in [0.717, 1.165) is 0 Å². The minimum absolute atomic E-state index is 0.0212. The zero-order valence-electron chi connectivity index (χ0n) is 46.6. The number of rotatable bonds is 11. The van der Waals surface area contributed by atoms with Crippen LogP contribution < -0.4 is 5.43 Å². The van der Waals surface area contributed by atoms with E-state index in [0.29, 0.717) is 127 Å². The van der Waals surface area contributed by atoms with Crippen molar-refractivity contribution in [2.45, 2.75) is 151 Å². The summed E-state index contributed by atoms with van der Waals surface area (Å²) in [6.07, 6.45) is 6.90. The maximum absolute atomic E-state index is 15.1. The van der Waals surface area contributed by atoms with E-state index in [-0.39, 0.29) is 113 Å². The molecule has 8 saturated heterocycles. The fourth-order valence-corrected chi connectivity index (χ4v) is 15.1. The van der Waals surface area contributed by atoms with Crippen LogP contribution in [0, 0.1) is 0 Å². The van der Waals surface area contributed by atoms with Gasteiger partial charge in [-0.1, -0.05) is 6.07 Å². The first kappa shape index (κ1) is 56.1. The van der Waals surface area contributed by atoms with E-state index in [1.54, 1.807) is 4.90 Å². The van der Waals surface area contributed by atoms with E-state index in [1.165, 1.54) is 88.9 Å². The van der Waals surface area contributed by atoms with Gasteiger partial charge in [0, 0.05) is 92.1 Å². The highest BCUT2D eigenvalue weighted by atomic mass is 16.4. The highest BCUT2D eigenvalue weighted by molar-refractivity contribution is 6.15. The number of benzene rings is 3. The van der Waals surface area contributed by atoms with Crippen LogP contribution in [0.2, 0.25) is 0 Å². The number of amides is 8. The summed E-state index contributed by atoms with van der Waals surface area (Å²) in [5.41, 5.74) is 0.147. The second-order valence-corrected chi connectivity index (χ2v) is 23.7. The number of aliphatic carboxylic acids is 1. The van der Waals surface area contributed by atoms with E-state index < -0.39 is 78.0 Å². The van der Waals surface area contributed by atoms with Gasteiger partial charge in [0.05, 0.1) is 5.56 Å². The third-order valence-electron chi connectivity index (χ3n) is 19.0. The number of carbonyl (C=O) groups is 10. The predicted octanol–water partition coefficient (Wildman–Crippen LogP) is 3.59. The van der Waals surface area contributed by atoms with Gasteiger partial charge in [0.15, 0.2) is 5.43 Å². The minimum Gasteiger partial charge on any atom is -0.508 e. The lowest BCUT2D eigenvalue weighted by molar-refractivity contribution is -0.155. The number of carbonyl (C=O) groups excluding carboxylic acids is 8. The van der Waals surface area contributed by atoms with Gasteiger partial charge in [0.2, 0.25) is 41.4 Å². The van der Waals surface area contributed by atoms with Crippen LogP contribution in [0.4, 0.5) is 0 Å². The van der Waals surface area contributed by atoms with Crippen molar-refractivity contribution in [2.24, 2.45) is 0 Å². The highest BCUT2D eigenvalue weighted by Gasteiger charge is 2.52. The Hall–Kier alpha value is -8.37. The number of fused-ring (bicyclic) bond motifs is 2. The van der Waals surface area contributed by atoms with Crippen molar-refractivity contribution in [3.8, 4) is 28.2 Å². The number of likely N-dealkylation sites (tertiary alicyclic amines) is 8. The Labute approximate surface area is 483 Å². The van der Waals surface area contributed by atoms with Gasteiger partial charge >= 0.3 is 11.9 Å². The van der Waals surface area contributed by atoms with Crippen LogP contribution in [-0.4, -0.2) is 214 Å². The Bertz CT molecular complexity index is 3440. The normalized spacial score (nSPS) is 26.1. The number of nitrogens with zero attached hydrogens (tertiary/aromatic N) is 8. The lowest BCUT2D eigenvalue weighted by Crippen LogP contribution is -2.59. The Kier molecular flexibility index (Phi) is 15.1. The quantitative estimate of drug-likeness (QED) is 0.181. The lowest BCUT2D eigenvalue weighted by Gasteiger charge is -2.37. The van der Waals surface area contributed by atoms with E-state index in [1.807, 2.05) is 0 Å². The fourth-order valence-electron chi connectivity index (χ4n) is 15.1. The number of phenolic OH excluding ortho intramolecular Hbond substituents is 1. The topological polar surface area (TPSA) is 288 Å². The molecule has 3 N–H and O–H groups in total. The molecule has 8 fully saturated rings. The van der Waals surface area contributed by atoms with Crippen LogP contribution in [0.3, 0.4) is 0 Å². The first-order valence-corrected chi connectivity index (χ1v) is 29.8. The molecule has 8 atom stereocenters. The summed E-state index contributed by atoms with van der Waals surface area (Å²) >= 11 is 0. The average Bonchev–Trinajstić information content (AvgIpc) is 1.80. The van der Waals surface area contributed by atoms with Crippen molar-refractivity contribution in [1.29, 1.82) is 0 Å². The number of phenols is 1. The summed E-state index contributed by atoms with van der Waals surface area (Å²) in [4.78, 5) is 167. The Morgan fingerprint density at radius 1 is 0.405 bits per heavy atom. The second-order valence-electron chi connectivity index (χ2n) is 23.7. The van der Waals surface area contributed by atoms with Gasteiger partial charge in [-0.25, -0.2) is 9.59 Å². The first-order chi connectivity index (χ1) is 40.5. The van der Waals surface area contributed by atoms with Crippen molar-refractivity contribution in [1.82, 2.24) is 39.2 Å². The monoisotopic (exact) mass is 1150 g/mol. The van der Waals surface area contributed by atoms with E-state index in [2.05, 4.69) is 0 Å². The van der Waals surface area contributed by atoms with Crippen LogP contribution in [0.15, 0.2) is 63.8 Å². The SMILES string of the molecule is O=C(O)c1cccc(C(=O)N2CCC[C@H]2C(=O)N2CCC[C@H]2C(=O)N2CCC[C@H]2C(=O)N2CCC[C@H]2C(=O)N2CCC[C@H]2C(=O)N2CCC[C@H]2C(=O)N2CCC[C@H]2C(=O)N2CCC[C@H]2C(=O)O)c1-c1c2ccc(=O)cc-2oc2cc(O)ccc12. The number of aromatic hydroxyl groups is 1. The molecule has 84 heavy (non-hydrogen) atoms. The molecular formula is C61H68N8O15. The summed E-state index contributed by atoms with van der Waals surface area (Å²) < 4.78 is 6.03. The molecule has 12 rings (SSSR count). The van der Waals surface area contributed by atoms with Gasteiger partial charge in [0.1, 0.15) is 65.4 Å². The number of carboxylic acid groups (broad SMARTS) is 2. The summed E-state index contributed by atoms with van der Waals surface area (Å²) in [6.45, 7) is 2.06. The zero-order chi connectivity index (χ0) is 58.8. The predicted molar refractivity (Wildman–Crippen MR) is 298 cm³/mol. The van der Waals surface area contributed by atoms with Crippen molar-refractivity contribution in [2.75, 3.05) is 52.4 Å². The number of hydrogen-bond acceptors (Lipinski definition) is 13. The molecule has 9 heterocycles. The van der Waals surface area contributed by atoms with Crippen LogP contribution in [-0.2, 0) is 38.4 Å². The van der Waals surface area contributed by atoms with Crippen molar-refractivity contribution in [3.63, 3.8) is 0 Å². The minimum atomic E-state index is -1.34. The molecule has 0 bridgehead atoms. The zero-order valence-corrected chi connectivity index (χ0v) is 46.6. The molecule has 10 aliphatic rings. The summed E-state index contributed by atoms with van der Waals surface area (Å²) in [7, 11) is 0. The van der Waals surface area contributed by atoms with Crippen molar-refractivity contribution in [3.05, 3.63) is 75.9 Å². The van der Waals surface area contributed by atoms with Crippen molar-refractivity contribution >= 4 is 70.2 Å². The van der Waals surface area contributed by atoms with E-state index >= 15 is 4.79 Å². The van der Waals surface area contributed by atoms with Gasteiger partial charge in [0.25, 0.3) is 5.91 Å². The molecule has 0 radical (unpaired) electrons. The van der Waals surface area contributed by atoms with Crippen molar-refractivity contribution < 1.29 is 67.7 Å². The average molecular weight is 1150 g/mol. The maximum atomic E-state index is 15.1. The smallest absolute Gasteiger partial charge is 0.336 e. The Morgan fingerprint density at radius 2 is 0.762 bits per heavy atom. The molecule has 0 saturated carbocycles. The third-order valence-corrected chi connectivity index (χ3v) is 19.0. The molecule has 23 heteroatoms.